The van der Waals surface area contributed by atoms with Crippen LogP contribution in [0.25, 0.3) is 11.1 Å². The first kappa shape index (κ1) is 26.8. The summed E-state index contributed by atoms with van der Waals surface area (Å²) >= 11 is 0. The first-order valence-corrected chi connectivity index (χ1v) is 12.0. The van der Waals surface area contributed by atoms with Gasteiger partial charge in [0.15, 0.2) is 0 Å². The minimum Gasteiger partial charge on any atom is -0.439 e. The van der Waals surface area contributed by atoms with Crippen molar-refractivity contribution in [2.75, 3.05) is 18.0 Å². The molecule has 2 saturated heterocycles. The third-order valence-corrected chi connectivity index (χ3v) is 6.95. The Morgan fingerprint density at radius 3 is 2.18 bits per heavy atom. The van der Waals surface area contributed by atoms with Crippen LogP contribution in [0.5, 0.6) is 0 Å². The highest BCUT2D eigenvalue weighted by Gasteiger charge is 2.43. The van der Waals surface area contributed by atoms with Crippen LogP contribution < -0.4 is 4.90 Å². The number of rotatable bonds is 5. The van der Waals surface area contributed by atoms with Crippen molar-refractivity contribution in [1.29, 1.82) is 0 Å². The summed E-state index contributed by atoms with van der Waals surface area (Å²) < 4.78 is 91.2. The number of amides is 1. The molecule has 0 saturated carbocycles. The minimum absolute atomic E-state index is 0.0385. The second-order valence-corrected chi connectivity index (χ2v) is 9.58. The van der Waals surface area contributed by atoms with Crippen LogP contribution in [0.1, 0.15) is 53.3 Å². The van der Waals surface area contributed by atoms with Crippen molar-refractivity contribution in [2.24, 2.45) is 0 Å². The third kappa shape index (κ3) is 4.99. The molecule has 2 atom stereocenters. The van der Waals surface area contributed by atoms with Crippen molar-refractivity contribution < 1.29 is 40.4 Å². The molecule has 5 rings (SSSR count). The van der Waals surface area contributed by atoms with Gasteiger partial charge in [0.2, 0.25) is 5.95 Å². The Morgan fingerprint density at radius 2 is 1.67 bits per heavy atom. The molecule has 1 aromatic carbocycles. The summed E-state index contributed by atoms with van der Waals surface area (Å²) in [4.78, 5) is 25.2. The number of carbonyl (C=O) groups excluding carboxylic acids is 1. The van der Waals surface area contributed by atoms with Crippen LogP contribution in [-0.4, -0.2) is 45.2 Å². The lowest BCUT2D eigenvalue weighted by Gasteiger charge is -2.31. The summed E-state index contributed by atoms with van der Waals surface area (Å²) in [5, 5.41) is 3.96. The third-order valence-electron chi connectivity index (χ3n) is 6.95. The van der Waals surface area contributed by atoms with E-state index in [2.05, 4.69) is 15.1 Å². The zero-order valence-electron chi connectivity index (χ0n) is 21.0. The van der Waals surface area contributed by atoms with Gasteiger partial charge >= 0.3 is 18.4 Å². The Hall–Kier alpha value is -3.84. The number of benzene rings is 1. The van der Waals surface area contributed by atoms with Gasteiger partial charge in [0.1, 0.15) is 11.9 Å². The lowest BCUT2D eigenvalue weighted by molar-refractivity contribution is -0.143. The maximum absolute atomic E-state index is 13.4. The maximum Gasteiger partial charge on any atom is 0.416 e. The van der Waals surface area contributed by atoms with Gasteiger partial charge in [-0.1, -0.05) is 5.16 Å². The summed E-state index contributed by atoms with van der Waals surface area (Å²) in [6.45, 7) is 6.31. The predicted molar refractivity (Wildman–Crippen MR) is 125 cm³/mol. The molecule has 14 heteroatoms. The molecule has 0 aliphatic carbocycles. The van der Waals surface area contributed by atoms with E-state index in [9.17, 15) is 31.1 Å². The average Bonchev–Trinajstić information content (AvgIpc) is 3.29. The Balaban J connectivity index is 1.51. The van der Waals surface area contributed by atoms with Crippen molar-refractivity contribution >= 4 is 12.0 Å². The van der Waals surface area contributed by atoms with Crippen LogP contribution >= 0.6 is 0 Å². The van der Waals surface area contributed by atoms with Crippen molar-refractivity contribution in [3.63, 3.8) is 0 Å². The topological polar surface area (TPSA) is 84.6 Å². The van der Waals surface area contributed by atoms with Crippen LogP contribution in [0.4, 0.5) is 37.1 Å². The molecular weight excluding hydrogens is 532 g/mol. The number of hydrogen-bond donors (Lipinski definition) is 0. The smallest absolute Gasteiger partial charge is 0.416 e. The van der Waals surface area contributed by atoms with Gasteiger partial charge in [-0.25, -0.2) is 14.8 Å². The largest absolute Gasteiger partial charge is 0.439 e. The molecule has 3 aromatic rings. The molecule has 39 heavy (non-hydrogen) atoms. The molecule has 2 fully saturated rings. The fraction of sp³-hybridized carbons (Fsp3) is 0.440. The van der Waals surface area contributed by atoms with E-state index >= 15 is 0 Å². The van der Waals surface area contributed by atoms with Crippen LogP contribution in [0.2, 0.25) is 0 Å². The molecule has 1 amide bonds. The Labute approximate surface area is 218 Å². The highest BCUT2D eigenvalue weighted by molar-refractivity contribution is 5.73. The molecule has 208 valence electrons. The summed E-state index contributed by atoms with van der Waals surface area (Å²) in [5.41, 5.74) is -1.23. The van der Waals surface area contributed by atoms with E-state index in [4.69, 9.17) is 9.26 Å². The first-order chi connectivity index (χ1) is 18.2. The quantitative estimate of drug-likeness (QED) is 0.353. The van der Waals surface area contributed by atoms with E-state index in [0.717, 1.165) is 19.5 Å². The minimum atomic E-state index is -5.03. The number of hydrogen-bond acceptors (Lipinski definition) is 7. The van der Waals surface area contributed by atoms with Gasteiger partial charge in [-0.05, 0) is 51.0 Å². The number of nitrogens with zero attached hydrogens (tertiary/aromatic N) is 5. The zero-order chi connectivity index (χ0) is 28.3. The van der Waals surface area contributed by atoms with Crippen LogP contribution in [-0.2, 0) is 23.6 Å². The predicted octanol–water partition coefficient (Wildman–Crippen LogP) is 6.08. The van der Waals surface area contributed by atoms with Gasteiger partial charge in [0, 0.05) is 24.8 Å². The lowest BCUT2D eigenvalue weighted by Crippen LogP contribution is -2.39. The summed E-state index contributed by atoms with van der Waals surface area (Å²) in [7, 11) is 0. The number of alkyl halides is 6. The second kappa shape index (κ2) is 9.42. The molecule has 0 spiro atoms. The highest BCUT2D eigenvalue weighted by Crippen LogP contribution is 2.41. The fourth-order valence-corrected chi connectivity index (χ4v) is 4.74. The number of carbonyl (C=O) groups is 1. The number of ether oxygens (including phenoxy) is 1. The van der Waals surface area contributed by atoms with E-state index < -0.39 is 47.3 Å². The summed E-state index contributed by atoms with van der Waals surface area (Å²) in [5.74, 6) is 0.934. The molecule has 0 N–H and O–H groups in total. The first-order valence-electron chi connectivity index (χ1n) is 12.0. The normalized spacial score (nSPS) is 19.9. The second-order valence-electron chi connectivity index (χ2n) is 9.58. The van der Waals surface area contributed by atoms with Crippen LogP contribution in [0.3, 0.4) is 0 Å². The van der Waals surface area contributed by atoms with Crippen molar-refractivity contribution in [3.8, 4) is 11.1 Å². The number of anilines is 1. The van der Waals surface area contributed by atoms with E-state index in [0.29, 0.717) is 46.4 Å². The number of aromatic nitrogens is 3. The van der Waals surface area contributed by atoms with Crippen LogP contribution in [0, 0.1) is 13.8 Å². The molecule has 2 aliphatic rings. The Kier molecular flexibility index (Phi) is 6.46. The van der Waals surface area contributed by atoms with E-state index in [1.165, 1.54) is 11.8 Å². The van der Waals surface area contributed by atoms with E-state index in [1.54, 1.807) is 20.0 Å². The molecule has 2 unspecified atom stereocenters. The average molecular weight is 555 g/mol. The summed E-state index contributed by atoms with van der Waals surface area (Å²) in [6, 6.07) is 0.281. The molecule has 0 radical (unpaired) electrons. The van der Waals surface area contributed by atoms with E-state index in [-0.39, 0.29) is 12.6 Å². The molecule has 2 aliphatic heterocycles. The molecular formula is C25H23F6N5O3. The molecule has 4 heterocycles. The van der Waals surface area contributed by atoms with E-state index in [1.807, 2.05) is 4.90 Å². The standard InChI is InChI=1S/C25H23F6N5O3/c1-12-20(14(3)39-34-12)18-10-32-22(35-5-4-6-35)33-19(18)11-36-13(2)21(38-23(36)37)15-7-16(24(26,27)28)9-17(8-15)25(29,30)31/h7-10,13,21H,4-6,11H2,1-3H3. The molecule has 0 bridgehead atoms. The van der Waals surface area contributed by atoms with Crippen molar-refractivity contribution in [1.82, 2.24) is 20.0 Å². The monoisotopic (exact) mass is 555 g/mol. The number of cyclic esters (lactones) is 1. The van der Waals surface area contributed by atoms with Crippen molar-refractivity contribution in [3.05, 3.63) is 58.2 Å². The highest BCUT2D eigenvalue weighted by atomic mass is 19.4. The zero-order valence-corrected chi connectivity index (χ0v) is 21.0. The van der Waals surface area contributed by atoms with Gasteiger partial charge in [0.05, 0.1) is 40.7 Å². The van der Waals surface area contributed by atoms with Gasteiger partial charge in [0.25, 0.3) is 0 Å². The van der Waals surface area contributed by atoms with Gasteiger partial charge in [-0.2, -0.15) is 26.3 Å². The Bertz CT molecular complexity index is 1360. The van der Waals surface area contributed by atoms with Gasteiger partial charge in [-0.3, -0.25) is 4.90 Å². The number of aryl methyl sites for hydroxylation is 2. The summed E-state index contributed by atoms with van der Waals surface area (Å²) in [6.07, 6.45) is -9.77. The van der Waals surface area contributed by atoms with Gasteiger partial charge in [-0.15, -0.1) is 0 Å². The maximum atomic E-state index is 13.4. The van der Waals surface area contributed by atoms with Crippen molar-refractivity contribution in [2.45, 2.75) is 58.2 Å². The lowest BCUT2D eigenvalue weighted by atomic mass is 9.97. The molecule has 8 nitrogen and oxygen atoms in total. The van der Waals surface area contributed by atoms with Crippen LogP contribution in [0.15, 0.2) is 28.9 Å². The number of halogens is 6. The molecule has 2 aromatic heterocycles. The Morgan fingerprint density at radius 1 is 1.03 bits per heavy atom. The SMILES string of the molecule is Cc1noc(C)c1-c1cnc(N2CCC2)nc1CN1C(=O)OC(c2cc(C(F)(F)F)cc(C(F)(F)F)c2)C1C. The fourth-order valence-electron chi connectivity index (χ4n) is 4.74. The van der Waals surface area contributed by atoms with Gasteiger partial charge < -0.3 is 14.2 Å².